The zero-order valence-electron chi connectivity index (χ0n) is 17.5. The van der Waals surface area contributed by atoms with Gasteiger partial charge in [0.2, 0.25) is 0 Å². The van der Waals surface area contributed by atoms with Crippen LogP contribution in [0.25, 0.3) is 0 Å². The monoisotopic (exact) mass is 421 g/mol. The van der Waals surface area contributed by atoms with Gasteiger partial charge in [-0.05, 0) is 74.8 Å². The topological polar surface area (TPSA) is 91.7 Å². The van der Waals surface area contributed by atoms with Crippen LogP contribution in [0.5, 0.6) is 0 Å². The molecule has 0 bridgehead atoms. The van der Waals surface area contributed by atoms with Crippen molar-refractivity contribution in [3.05, 3.63) is 59.6 Å². The molecule has 0 radical (unpaired) electrons. The number of aryl methyl sites for hydroxylation is 1. The van der Waals surface area contributed by atoms with Crippen LogP contribution < -0.4 is 15.5 Å². The summed E-state index contributed by atoms with van der Waals surface area (Å²) < 4.78 is 5.25. The fraction of sp³-hybridized carbons (Fsp3) is 0.375. The van der Waals surface area contributed by atoms with Crippen molar-refractivity contribution in [2.75, 3.05) is 23.3 Å². The molecule has 0 saturated heterocycles. The number of anilines is 2. The maximum Gasteiger partial charge on any atom is 0.313 e. The number of furan rings is 1. The minimum atomic E-state index is -0.711. The van der Waals surface area contributed by atoms with Gasteiger partial charge in [0.15, 0.2) is 5.76 Å². The van der Waals surface area contributed by atoms with E-state index < -0.39 is 11.8 Å². The lowest BCUT2D eigenvalue weighted by atomic mass is 9.97. The van der Waals surface area contributed by atoms with Crippen LogP contribution in [-0.2, 0) is 16.0 Å². The first-order valence-electron chi connectivity index (χ1n) is 10.9. The van der Waals surface area contributed by atoms with Crippen molar-refractivity contribution in [1.82, 2.24) is 5.32 Å². The molecule has 1 aromatic heterocycles. The van der Waals surface area contributed by atoms with Crippen molar-refractivity contribution in [3.63, 3.8) is 0 Å². The van der Waals surface area contributed by atoms with Crippen LogP contribution >= 0.6 is 0 Å². The van der Waals surface area contributed by atoms with E-state index in [4.69, 9.17) is 4.42 Å². The quantitative estimate of drug-likeness (QED) is 0.567. The molecule has 3 amide bonds. The fourth-order valence-corrected chi connectivity index (χ4v) is 4.13. The number of hydrogen-bond donors (Lipinski definition) is 2. The summed E-state index contributed by atoms with van der Waals surface area (Å²) in [5, 5.41) is 5.34. The summed E-state index contributed by atoms with van der Waals surface area (Å²) in [4.78, 5) is 39.0. The van der Waals surface area contributed by atoms with E-state index in [1.165, 1.54) is 24.7 Å². The van der Waals surface area contributed by atoms with Gasteiger partial charge in [-0.1, -0.05) is 17.7 Å². The molecule has 1 aliphatic carbocycles. The molecule has 2 aromatic rings. The summed E-state index contributed by atoms with van der Waals surface area (Å²) in [6, 6.07) is 8.71. The normalized spacial score (nSPS) is 15.6. The van der Waals surface area contributed by atoms with E-state index in [2.05, 4.69) is 16.7 Å². The average Bonchev–Trinajstić information content (AvgIpc) is 3.34. The Kier molecular flexibility index (Phi) is 6.50. The Labute approximate surface area is 181 Å². The lowest BCUT2D eigenvalue weighted by molar-refractivity contribution is -0.136. The zero-order valence-corrected chi connectivity index (χ0v) is 17.5. The van der Waals surface area contributed by atoms with Crippen LogP contribution in [0.2, 0.25) is 0 Å². The highest BCUT2D eigenvalue weighted by molar-refractivity contribution is 6.39. The van der Waals surface area contributed by atoms with Crippen molar-refractivity contribution < 1.29 is 18.8 Å². The van der Waals surface area contributed by atoms with Gasteiger partial charge < -0.3 is 20.0 Å². The highest BCUT2D eigenvalue weighted by Crippen LogP contribution is 2.31. The number of nitrogens with one attached hydrogen (secondary N) is 2. The average molecular weight is 421 g/mol. The largest absolute Gasteiger partial charge is 0.459 e. The molecule has 0 fully saturated rings. The molecule has 7 nitrogen and oxygen atoms in total. The Bertz CT molecular complexity index is 994. The van der Waals surface area contributed by atoms with E-state index in [1.807, 2.05) is 6.07 Å². The lowest BCUT2D eigenvalue weighted by Gasteiger charge is -2.29. The Morgan fingerprint density at radius 1 is 1.03 bits per heavy atom. The van der Waals surface area contributed by atoms with Gasteiger partial charge in [0.05, 0.1) is 6.26 Å². The smallest absolute Gasteiger partial charge is 0.313 e. The summed E-state index contributed by atoms with van der Waals surface area (Å²) in [5.41, 5.74) is 3.58. The molecule has 2 N–H and O–H groups in total. The van der Waals surface area contributed by atoms with E-state index in [-0.39, 0.29) is 11.7 Å². The molecule has 162 valence electrons. The molecule has 0 spiro atoms. The maximum absolute atomic E-state index is 12.8. The number of benzene rings is 1. The highest BCUT2D eigenvalue weighted by Gasteiger charge is 2.26. The van der Waals surface area contributed by atoms with E-state index >= 15 is 0 Å². The number of carbonyl (C=O) groups is 3. The van der Waals surface area contributed by atoms with Crippen molar-refractivity contribution in [3.8, 4) is 0 Å². The highest BCUT2D eigenvalue weighted by atomic mass is 16.3. The van der Waals surface area contributed by atoms with E-state index in [0.717, 1.165) is 43.4 Å². The van der Waals surface area contributed by atoms with Gasteiger partial charge in [0.1, 0.15) is 0 Å². The molecule has 31 heavy (non-hydrogen) atoms. The number of fused-ring (bicyclic) bond motifs is 1. The van der Waals surface area contributed by atoms with Crippen LogP contribution in [0.1, 0.15) is 54.6 Å². The van der Waals surface area contributed by atoms with Gasteiger partial charge in [-0.3, -0.25) is 14.4 Å². The second kappa shape index (κ2) is 9.64. The second-order valence-electron chi connectivity index (χ2n) is 7.95. The number of nitrogens with zero attached hydrogens (tertiary/aromatic N) is 1. The van der Waals surface area contributed by atoms with Crippen LogP contribution in [0, 0.1) is 0 Å². The minimum Gasteiger partial charge on any atom is -0.459 e. The van der Waals surface area contributed by atoms with Crippen LogP contribution in [-0.4, -0.2) is 30.8 Å². The molecule has 2 heterocycles. The summed E-state index contributed by atoms with van der Waals surface area (Å²) in [6.07, 6.45) is 10.8. The summed E-state index contributed by atoms with van der Waals surface area (Å²) in [5.74, 6) is -1.31. The lowest BCUT2D eigenvalue weighted by Crippen LogP contribution is -2.37. The number of hydrogen-bond acceptors (Lipinski definition) is 4. The number of rotatable bonds is 5. The molecule has 0 saturated carbocycles. The number of carbonyl (C=O) groups excluding carboxylic acids is 3. The first-order valence-corrected chi connectivity index (χ1v) is 10.9. The molecule has 1 aromatic carbocycles. The molecule has 0 unspecified atom stereocenters. The third-order valence-electron chi connectivity index (χ3n) is 5.76. The molecular weight excluding hydrogens is 394 g/mol. The van der Waals surface area contributed by atoms with Crippen LogP contribution in [0.3, 0.4) is 0 Å². The molecule has 4 rings (SSSR count). The van der Waals surface area contributed by atoms with Gasteiger partial charge in [0, 0.05) is 24.5 Å². The van der Waals surface area contributed by atoms with Crippen LogP contribution in [0.4, 0.5) is 11.4 Å². The van der Waals surface area contributed by atoms with Crippen molar-refractivity contribution in [1.29, 1.82) is 0 Å². The molecule has 7 heteroatoms. The van der Waals surface area contributed by atoms with Gasteiger partial charge >= 0.3 is 11.8 Å². The summed E-state index contributed by atoms with van der Waals surface area (Å²) in [7, 11) is 0. The Morgan fingerprint density at radius 2 is 1.94 bits per heavy atom. The standard InChI is InChI=1S/C24H27N3O4/c28-22(25-13-12-17-6-2-1-3-7-17)23(29)26-19-11-10-18-8-4-14-27(20(18)16-19)24(30)21-9-5-15-31-21/h5-6,9-11,15-16H,1-4,7-8,12-14H2,(H,25,28)(H,26,29). The zero-order chi connectivity index (χ0) is 21.6. The molecule has 2 aliphatic rings. The minimum absolute atomic E-state index is 0.218. The molecule has 1 aliphatic heterocycles. The first-order chi connectivity index (χ1) is 15.1. The van der Waals surface area contributed by atoms with E-state index in [9.17, 15) is 14.4 Å². The van der Waals surface area contributed by atoms with Crippen LogP contribution in [0.15, 0.2) is 52.7 Å². The Morgan fingerprint density at radius 3 is 2.71 bits per heavy atom. The van der Waals surface area contributed by atoms with Crippen molar-refractivity contribution in [2.45, 2.75) is 44.9 Å². The van der Waals surface area contributed by atoms with Gasteiger partial charge in [-0.15, -0.1) is 0 Å². The number of allylic oxidation sites excluding steroid dienone is 1. The van der Waals surface area contributed by atoms with Gasteiger partial charge in [-0.2, -0.15) is 0 Å². The predicted octanol–water partition coefficient (Wildman–Crippen LogP) is 3.82. The Hall–Kier alpha value is -3.35. The third-order valence-corrected chi connectivity index (χ3v) is 5.76. The summed E-state index contributed by atoms with van der Waals surface area (Å²) in [6.45, 7) is 1.02. The first kappa shape index (κ1) is 20.9. The van der Waals surface area contributed by atoms with E-state index in [1.54, 1.807) is 29.2 Å². The summed E-state index contributed by atoms with van der Waals surface area (Å²) >= 11 is 0. The van der Waals surface area contributed by atoms with Gasteiger partial charge in [0.25, 0.3) is 5.91 Å². The molecular formula is C24H27N3O4. The number of amides is 3. The van der Waals surface area contributed by atoms with E-state index in [0.29, 0.717) is 18.8 Å². The predicted molar refractivity (Wildman–Crippen MR) is 118 cm³/mol. The Balaban J connectivity index is 1.38. The van der Waals surface area contributed by atoms with Crippen molar-refractivity contribution >= 4 is 29.1 Å². The SMILES string of the molecule is O=C(NCCC1=CCCCC1)C(=O)Nc1ccc2c(c1)N(C(=O)c1ccco1)CCC2. The maximum atomic E-state index is 12.8. The van der Waals surface area contributed by atoms with Gasteiger partial charge in [-0.25, -0.2) is 0 Å². The molecule has 0 atom stereocenters. The third kappa shape index (κ3) is 5.05. The second-order valence-corrected chi connectivity index (χ2v) is 7.95. The fourth-order valence-electron chi connectivity index (χ4n) is 4.13. The van der Waals surface area contributed by atoms with Crippen molar-refractivity contribution in [2.24, 2.45) is 0 Å².